The number of benzene rings is 1. The van der Waals surface area contributed by atoms with E-state index in [1.54, 1.807) is 30.3 Å². The molecule has 1 aromatic carbocycles. The van der Waals surface area contributed by atoms with Crippen LogP contribution in [0.15, 0.2) is 36.5 Å². The van der Waals surface area contributed by atoms with Crippen LogP contribution in [0.25, 0.3) is 22.6 Å². The van der Waals surface area contributed by atoms with Gasteiger partial charge in [-0.3, -0.25) is 4.79 Å². The third-order valence-corrected chi connectivity index (χ3v) is 3.88. The molecule has 122 valence electrons. The molecule has 0 aliphatic carbocycles. The monoisotopic (exact) mass is 343 g/mol. The van der Waals surface area contributed by atoms with E-state index in [9.17, 15) is 4.79 Å². The Labute approximate surface area is 142 Å². The normalized spacial score (nSPS) is 10.6. The first kappa shape index (κ1) is 15.8. The number of carbonyl (C=O) groups excluding carboxylic acids is 1. The summed E-state index contributed by atoms with van der Waals surface area (Å²) in [6, 6.07) is 8.54. The molecule has 0 atom stereocenters. The fourth-order valence-electron chi connectivity index (χ4n) is 2.38. The van der Waals surface area contributed by atoms with Gasteiger partial charge in [0.1, 0.15) is 5.75 Å². The van der Waals surface area contributed by atoms with Crippen molar-refractivity contribution in [2.75, 3.05) is 12.8 Å². The average molecular weight is 344 g/mol. The van der Waals surface area contributed by atoms with Crippen molar-refractivity contribution in [3.63, 3.8) is 0 Å². The lowest BCUT2D eigenvalue weighted by atomic mass is 10.1. The molecule has 0 bridgehead atoms. The zero-order chi connectivity index (χ0) is 17.3. The Kier molecular flexibility index (Phi) is 4.09. The molecule has 3 rings (SSSR count). The lowest BCUT2D eigenvalue weighted by Crippen LogP contribution is -2.11. The van der Waals surface area contributed by atoms with E-state index < -0.39 is 5.91 Å². The van der Waals surface area contributed by atoms with E-state index in [0.717, 1.165) is 0 Å². The van der Waals surface area contributed by atoms with E-state index >= 15 is 0 Å². The maximum absolute atomic E-state index is 11.8. The van der Waals surface area contributed by atoms with E-state index in [4.69, 9.17) is 27.8 Å². The standard InChI is InChI=1S/C16H14ClN5O2/c1-24-12-4-2-3-8(13(12)17)14-9(15(18)23)7-11(21-14)10-5-6-20-16(19)22-10/h2-7,21H,1H3,(H2,18,23)(H2,19,20,22). The van der Waals surface area contributed by atoms with Crippen molar-refractivity contribution in [1.29, 1.82) is 0 Å². The third kappa shape index (κ3) is 2.77. The first-order valence-electron chi connectivity index (χ1n) is 6.96. The predicted molar refractivity (Wildman–Crippen MR) is 91.7 cm³/mol. The second kappa shape index (κ2) is 6.21. The number of carbonyl (C=O) groups is 1. The van der Waals surface area contributed by atoms with E-state index in [2.05, 4.69) is 15.0 Å². The lowest BCUT2D eigenvalue weighted by Gasteiger charge is -2.08. The second-order valence-electron chi connectivity index (χ2n) is 4.96. The van der Waals surface area contributed by atoms with Gasteiger partial charge in [0.2, 0.25) is 5.95 Å². The number of nitrogens with two attached hydrogens (primary N) is 2. The number of primary amides is 1. The SMILES string of the molecule is COc1cccc(-c2[nH]c(-c3ccnc(N)n3)cc2C(N)=O)c1Cl. The smallest absolute Gasteiger partial charge is 0.250 e. The highest BCUT2D eigenvalue weighted by molar-refractivity contribution is 6.35. The molecule has 0 aliphatic rings. The molecule has 7 nitrogen and oxygen atoms in total. The van der Waals surface area contributed by atoms with E-state index in [0.29, 0.717) is 33.4 Å². The molecular formula is C16H14ClN5O2. The topological polar surface area (TPSA) is 120 Å². The van der Waals surface area contributed by atoms with Gasteiger partial charge in [-0.1, -0.05) is 23.7 Å². The molecule has 2 aromatic heterocycles. The molecular weight excluding hydrogens is 330 g/mol. The minimum Gasteiger partial charge on any atom is -0.495 e. The molecule has 0 spiro atoms. The van der Waals surface area contributed by atoms with Crippen LogP contribution in [0.3, 0.4) is 0 Å². The van der Waals surface area contributed by atoms with Gasteiger partial charge in [-0.15, -0.1) is 0 Å². The number of H-pyrrole nitrogens is 1. The number of nitrogens with zero attached hydrogens (tertiary/aromatic N) is 2. The van der Waals surface area contributed by atoms with Gasteiger partial charge < -0.3 is 21.2 Å². The maximum Gasteiger partial charge on any atom is 0.250 e. The van der Waals surface area contributed by atoms with Crippen molar-refractivity contribution in [1.82, 2.24) is 15.0 Å². The van der Waals surface area contributed by atoms with Crippen molar-refractivity contribution in [3.8, 4) is 28.4 Å². The molecule has 0 saturated carbocycles. The summed E-state index contributed by atoms with van der Waals surface area (Å²) in [5.41, 5.74) is 13.6. The fourth-order valence-corrected chi connectivity index (χ4v) is 2.68. The van der Waals surface area contributed by atoms with Crippen LogP contribution in [0, 0.1) is 0 Å². The predicted octanol–water partition coefficient (Wildman–Crippen LogP) is 2.48. The van der Waals surface area contributed by atoms with Crippen LogP contribution in [-0.4, -0.2) is 28.0 Å². The van der Waals surface area contributed by atoms with Crippen LogP contribution in [0.4, 0.5) is 5.95 Å². The number of rotatable bonds is 4. The first-order valence-corrected chi connectivity index (χ1v) is 7.33. The van der Waals surface area contributed by atoms with E-state index in [-0.39, 0.29) is 11.5 Å². The Morgan fingerprint density at radius 2 is 2.12 bits per heavy atom. The Bertz CT molecular complexity index is 923. The summed E-state index contributed by atoms with van der Waals surface area (Å²) in [6.07, 6.45) is 1.53. The zero-order valence-electron chi connectivity index (χ0n) is 12.7. The molecule has 0 fully saturated rings. The third-order valence-electron chi connectivity index (χ3n) is 3.49. The molecule has 5 N–H and O–H groups in total. The van der Waals surface area contributed by atoms with Gasteiger partial charge in [-0.05, 0) is 18.2 Å². The van der Waals surface area contributed by atoms with Crippen LogP contribution in [0.1, 0.15) is 10.4 Å². The van der Waals surface area contributed by atoms with Crippen molar-refractivity contribution in [2.24, 2.45) is 5.73 Å². The summed E-state index contributed by atoms with van der Waals surface area (Å²) in [6.45, 7) is 0. The van der Waals surface area contributed by atoms with Crippen LogP contribution in [-0.2, 0) is 0 Å². The quantitative estimate of drug-likeness (QED) is 0.672. The fraction of sp³-hybridized carbons (Fsp3) is 0.0625. The molecule has 0 saturated heterocycles. The Morgan fingerprint density at radius 1 is 1.33 bits per heavy atom. The number of ether oxygens (including phenoxy) is 1. The Morgan fingerprint density at radius 3 is 2.79 bits per heavy atom. The number of nitrogens with one attached hydrogen (secondary N) is 1. The molecule has 3 aromatic rings. The summed E-state index contributed by atoms with van der Waals surface area (Å²) in [4.78, 5) is 23.0. The Hall–Kier alpha value is -3.06. The van der Waals surface area contributed by atoms with Gasteiger partial charge >= 0.3 is 0 Å². The summed E-state index contributed by atoms with van der Waals surface area (Å²) in [7, 11) is 1.52. The van der Waals surface area contributed by atoms with Crippen molar-refractivity contribution in [2.45, 2.75) is 0 Å². The van der Waals surface area contributed by atoms with Gasteiger partial charge in [0.05, 0.1) is 34.8 Å². The van der Waals surface area contributed by atoms with Crippen molar-refractivity contribution >= 4 is 23.5 Å². The molecule has 0 radical (unpaired) electrons. The summed E-state index contributed by atoms with van der Waals surface area (Å²) in [5, 5.41) is 0.373. The average Bonchev–Trinajstić information content (AvgIpc) is 3.00. The number of methoxy groups -OCH3 is 1. The molecule has 1 amide bonds. The number of hydrogen-bond donors (Lipinski definition) is 3. The van der Waals surface area contributed by atoms with Crippen LogP contribution >= 0.6 is 11.6 Å². The second-order valence-corrected chi connectivity index (χ2v) is 5.34. The van der Waals surface area contributed by atoms with Gasteiger partial charge in [0, 0.05) is 11.8 Å². The number of anilines is 1. The number of hydrogen-bond acceptors (Lipinski definition) is 5. The first-order chi connectivity index (χ1) is 11.5. The minimum absolute atomic E-state index is 0.128. The molecule has 2 heterocycles. The van der Waals surface area contributed by atoms with Gasteiger partial charge in [-0.2, -0.15) is 0 Å². The highest BCUT2D eigenvalue weighted by Gasteiger charge is 2.19. The summed E-state index contributed by atoms with van der Waals surface area (Å²) >= 11 is 6.36. The number of amides is 1. The van der Waals surface area contributed by atoms with Crippen molar-refractivity contribution in [3.05, 3.63) is 47.1 Å². The number of halogens is 1. The van der Waals surface area contributed by atoms with Crippen molar-refractivity contribution < 1.29 is 9.53 Å². The van der Waals surface area contributed by atoms with Gasteiger partial charge in [0.25, 0.3) is 5.91 Å². The molecule has 0 unspecified atom stereocenters. The Balaban J connectivity index is 2.20. The summed E-state index contributed by atoms with van der Waals surface area (Å²) < 4.78 is 5.22. The van der Waals surface area contributed by atoms with Crippen LogP contribution in [0.5, 0.6) is 5.75 Å². The van der Waals surface area contributed by atoms with Gasteiger partial charge in [-0.25, -0.2) is 9.97 Å². The van der Waals surface area contributed by atoms with Gasteiger partial charge in [0.15, 0.2) is 0 Å². The molecule has 8 heteroatoms. The largest absolute Gasteiger partial charge is 0.495 e. The highest BCUT2D eigenvalue weighted by atomic mass is 35.5. The maximum atomic E-state index is 11.8. The molecule has 24 heavy (non-hydrogen) atoms. The summed E-state index contributed by atoms with van der Waals surface area (Å²) in [5.74, 6) is 0.0316. The van der Waals surface area contributed by atoms with Crippen LogP contribution in [0.2, 0.25) is 5.02 Å². The number of nitrogen functional groups attached to an aromatic ring is 1. The molecule has 0 aliphatic heterocycles. The minimum atomic E-state index is -0.589. The highest BCUT2D eigenvalue weighted by Crippen LogP contribution is 2.37. The van der Waals surface area contributed by atoms with Crippen LogP contribution < -0.4 is 16.2 Å². The van der Waals surface area contributed by atoms with E-state index in [1.165, 1.54) is 13.3 Å². The zero-order valence-corrected chi connectivity index (χ0v) is 13.5. The number of aromatic amines is 1. The van der Waals surface area contributed by atoms with E-state index in [1.807, 2.05) is 0 Å². The lowest BCUT2D eigenvalue weighted by molar-refractivity contribution is 0.100. The number of aromatic nitrogens is 3.